The Balaban J connectivity index is 0.00000140. The first-order valence-electron chi connectivity index (χ1n) is 10.1. The second kappa shape index (κ2) is 10.2. The molecule has 0 unspecified atom stereocenters. The molecule has 1 aromatic carbocycles. The molecule has 3 fully saturated rings. The second-order valence-corrected chi connectivity index (χ2v) is 8.38. The summed E-state index contributed by atoms with van der Waals surface area (Å²) in [7, 11) is 0. The van der Waals surface area contributed by atoms with Crippen molar-refractivity contribution in [1.82, 2.24) is 15.5 Å². The van der Waals surface area contributed by atoms with Gasteiger partial charge in [-0.15, -0.1) is 24.8 Å². The molecule has 2 saturated heterocycles. The number of rotatable bonds is 4. The maximum absolute atomic E-state index is 13.1. The Morgan fingerprint density at radius 2 is 1.86 bits per heavy atom. The van der Waals surface area contributed by atoms with E-state index in [1.807, 2.05) is 12.1 Å². The quantitative estimate of drug-likeness (QED) is 0.765. The van der Waals surface area contributed by atoms with Crippen LogP contribution < -0.4 is 10.6 Å². The number of nitrogens with one attached hydrogen (secondary N) is 2. The van der Waals surface area contributed by atoms with Gasteiger partial charge < -0.3 is 10.6 Å². The zero-order chi connectivity index (χ0) is 18.0. The lowest BCUT2D eigenvalue weighted by Crippen LogP contribution is -2.53. The Hall–Kier alpha value is -0.880. The fourth-order valence-electron chi connectivity index (χ4n) is 5.10. The number of benzene rings is 1. The monoisotopic (exact) mass is 431 g/mol. The van der Waals surface area contributed by atoms with Crippen molar-refractivity contribution in [2.45, 2.75) is 51.1 Å². The highest BCUT2D eigenvalue weighted by molar-refractivity contribution is 5.85. The van der Waals surface area contributed by atoms with Crippen LogP contribution in [0.2, 0.25) is 0 Å². The summed E-state index contributed by atoms with van der Waals surface area (Å²) in [6.45, 7) is 4.68. The van der Waals surface area contributed by atoms with Crippen LogP contribution in [0.5, 0.6) is 0 Å². The Kier molecular flexibility index (Phi) is 8.56. The predicted molar refractivity (Wildman–Crippen MR) is 115 cm³/mol. The lowest BCUT2D eigenvalue weighted by atomic mass is 9.67. The van der Waals surface area contributed by atoms with Crippen LogP contribution in [0.4, 0.5) is 4.39 Å². The SMILES string of the molecule is Cl.Cl.O=C(NC1CCN(Cc2ccc(F)cc2)CC1)[C@@]12CCCC[C@H]1CNC2. The number of piperidine rings is 1. The van der Waals surface area contributed by atoms with Crippen LogP contribution in [0.3, 0.4) is 0 Å². The molecular formula is C21H32Cl2FN3O. The molecule has 4 nitrogen and oxygen atoms in total. The highest BCUT2D eigenvalue weighted by Gasteiger charge is 2.50. The first-order valence-corrected chi connectivity index (χ1v) is 10.1. The minimum atomic E-state index is -0.183. The second-order valence-electron chi connectivity index (χ2n) is 8.38. The molecule has 2 atom stereocenters. The minimum Gasteiger partial charge on any atom is -0.353 e. The van der Waals surface area contributed by atoms with Gasteiger partial charge in [0.05, 0.1) is 5.41 Å². The number of amides is 1. The molecule has 3 aliphatic rings. The fourth-order valence-corrected chi connectivity index (χ4v) is 5.10. The first-order chi connectivity index (χ1) is 12.7. The van der Waals surface area contributed by atoms with Gasteiger partial charge in [-0.25, -0.2) is 4.39 Å². The Bertz CT molecular complexity index is 637. The van der Waals surface area contributed by atoms with E-state index in [0.717, 1.165) is 57.5 Å². The zero-order valence-electron chi connectivity index (χ0n) is 16.3. The number of carbonyl (C=O) groups is 1. The van der Waals surface area contributed by atoms with Crippen LogP contribution in [0.25, 0.3) is 0 Å². The van der Waals surface area contributed by atoms with E-state index in [4.69, 9.17) is 0 Å². The van der Waals surface area contributed by atoms with Crippen molar-refractivity contribution in [3.8, 4) is 0 Å². The summed E-state index contributed by atoms with van der Waals surface area (Å²) >= 11 is 0. The number of nitrogens with zero attached hydrogens (tertiary/aromatic N) is 1. The van der Waals surface area contributed by atoms with Crippen LogP contribution in [0.1, 0.15) is 44.1 Å². The van der Waals surface area contributed by atoms with Crippen LogP contribution in [0.15, 0.2) is 24.3 Å². The summed E-state index contributed by atoms with van der Waals surface area (Å²) in [6.07, 6.45) is 6.68. The average molecular weight is 432 g/mol. The molecule has 0 aromatic heterocycles. The maximum Gasteiger partial charge on any atom is 0.228 e. The number of hydrogen-bond donors (Lipinski definition) is 2. The van der Waals surface area contributed by atoms with Gasteiger partial charge in [-0.3, -0.25) is 9.69 Å². The summed E-state index contributed by atoms with van der Waals surface area (Å²) in [6, 6.07) is 7.07. The molecule has 158 valence electrons. The Morgan fingerprint density at radius 3 is 2.57 bits per heavy atom. The number of hydrogen-bond acceptors (Lipinski definition) is 3. The number of fused-ring (bicyclic) bond motifs is 1. The molecule has 4 rings (SSSR count). The highest BCUT2D eigenvalue weighted by Crippen LogP contribution is 2.44. The third-order valence-corrected chi connectivity index (χ3v) is 6.73. The summed E-state index contributed by atoms with van der Waals surface area (Å²) in [5.41, 5.74) is 0.999. The normalized spacial score (nSPS) is 28.0. The number of carbonyl (C=O) groups excluding carboxylic acids is 1. The van der Waals surface area contributed by atoms with E-state index >= 15 is 0 Å². The molecule has 2 aliphatic heterocycles. The molecule has 0 spiro atoms. The van der Waals surface area contributed by atoms with Gasteiger partial charge in [0.25, 0.3) is 0 Å². The highest BCUT2D eigenvalue weighted by atomic mass is 35.5. The van der Waals surface area contributed by atoms with Gasteiger partial charge in [0.1, 0.15) is 5.82 Å². The molecule has 0 bridgehead atoms. The van der Waals surface area contributed by atoms with Crippen molar-refractivity contribution in [2.75, 3.05) is 26.2 Å². The summed E-state index contributed by atoms with van der Waals surface area (Å²) in [4.78, 5) is 15.5. The van der Waals surface area contributed by atoms with E-state index in [1.165, 1.54) is 31.4 Å². The average Bonchev–Trinajstić information content (AvgIpc) is 3.10. The van der Waals surface area contributed by atoms with Gasteiger partial charge in [0.2, 0.25) is 5.91 Å². The third-order valence-electron chi connectivity index (χ3n) is 6.73. The van der Waals surface area contributed by atoms with Crippen molar-refractivity contribution in [1.29, 1.82) is 0 Å². The fraction of sp³-hybridized carbons (Fsp3) is 0.667. The van der Waals surface area contributed by atoms with E-state index in [9.17, 15) is 9.18 Å². The van der Waals surface area contributed by atoms with Crippen LogP contribution in [-0.4, -0.2) is 43.0 Å². The van der Waals surface area contributed by atoms with Crippen molar-refractivity contribution in [3.05, 3.63) is 35.6 Å². The maximum atomic E-state index is 13.1. The molecule has 1 aliphatic carbocycles. The minimum absolute atomic E-state index is 0. The topological polar surface area (TPSA) is 44.4 Å². The van der Waals surface area contributed by atoms with Crippen LogP contribution >= 0.6 is 24.8 Å². The lowest BCUT2D eigenvalue weighted by Gasteiger charge is -2.39. The van der Waals surface area contributed by atoms with E-state index in [1.54, 1.807) is 0 Å². The summed E-state index contributed by atoms with van der Waals surface area (Å²) in [5, 5.41) is 6.85. The van der Waals surface area contributed by atoms with Gasteiger partial charge in [-0.05, 0) is 55.8 Å². The third kappa shape index (κ3) is 4.99. The standard InChI is InChI=1S/C21H30FN3O.2ClH/c22-18-6-4-16(5-7-18)14-25-11-8-19(9-12-25)24-20(26)21-10-2-1-3-17(21)13-23-15-21;;/h4-7,17,19,23H,1-3,8-15H2,(H,24,26);2*1H/t17-,21+;;/m0../s1. The van der Waals surface area contributed by atoms with Crippen molar-refractivity contribution >= 4 is 30.7 Å². The van der Waals surface area contributed by atoms with Gasteiger partial charge in [0, 0.05) is 32.2 Å². The summed E-state index contributed by atoms with van der Waals surface area (Å²) < 4.78 is 13.0. The molecule has 1 aromatic rings. The molecule has 28 heavy (non-hydrogen) atoms. The van der Waals surface area contributed by atoms with Gasteiger partial charge in [-0.2, -0.15) is 0 Å². The molecule has 2 N–H and O–H groups in total. The van der Waals surface area contributed by atoms with Crippen molar-refractivity contribution in [3.63, 3.8) is 0 Å². The van der Waals surface area contributed by atoms with Crippen LogP contribution in [-0.2, 0) is 11.3 Å². The Morgan fingerprint density at radius 1 is 1.14 bits per heavy atom. The summed E-state index contributed by atoms with van der Waals surface area (Å²) in [5.74, 6) is 0.635. The number of likely N-dealkylation sites (tertiary alicyclic amines) is 1. The van der Waals surface area contributed by atoms with Gasteiger partial charge in [-0.1, -0.05) is 25.0 Å². The van der Waals surface area contributed by atoms with Gasteiger partial charge in [0.15, 0.2) is 0 Å². The number of halogens is 3. The van der Waals surface area contributed by atoms with Crippen molar-refractivity contribution < 1.29 is 9.18 Å². The zero-order valence-corrected chi connectivity index (χ0v) is 17.9. The molecule has 1 saturated carbocycles. The molecular weight excluding hydrogens is 400 g/mol. The molecule has 2 heterocycles. The van der Waals surface area contributed by atoms with E-state index < -0.39 is 0 Å². The Labute approximate surface area is 179 Å². The van der Waals surface area contributed by atoms with E-state index in [-0.39, 0.29) is 36.0 Å². The van der Waals surface area contributed by atoms with Crippen LogP contribution in [0, 0.1) is 17.2 Å². The molecule has 7 heteroatoms. The first kappa shape index (κ1) is 23.4. The molecule has 1 amide bonds. The largest absolute Gasteiger partial charge is 0.353 e. The smallest absolute Gasteiger partial charge is 0.228 e. The van der Waals surface area contributed by atoms with E-state index in [2.05, 4.69) is 15.5 Å². The van der Waals surface area contributed by atoms with E-state index in [0.29, 0.717) is 17.9 Å². The lowest BCUT2D eigenvalue weighted by molar-refractivity contribution is -0.135. The molecule has 0 radical (unpaired) electrons. The predicted octanol–water partition coefficient (Wildman–Crippen LogP) is 3.53. The van der Waals surface area contributed by atoms with Gasteiger partial charge >= 0.3 is 0 Å². The van der Waals surface area contributed by atoms with Crippen molar-refractivity contribution in [2.24, 2.45) is 11.3 Å².